The zero-order chi connectivity index (χ0) is 17.0. The van der Waals surface area contributed by atoms with Crippen LogP contribution < -0.4 is 0 Å². The lowest BCUT2D eigenvalue weighted by atomic mass is 9.90. The van der Waals surface area contributed by atoms with Gasteiger partial charge in [-0.3, -0.25) is 9.69 Å². The Labute approximate surface area is 143 Å². The molecule has 0 saturated carbocycles. The zero-order valence-corrected chi connectivity index (χ0v) is 14.4. The quantitative estimate of drug-likeness (QED) is 0.724. The number of nitrogens with zero attached hydrogens (tertiary/aromatic N) is 1. The van der Waals surface area contributed by atoms with E-state index in [1.54, 1.807) is 12.5 Å². The minimum Gasteiger partial charge on any atom is -0.469 e. The van der Waals surface area contributed by atoms with E-state index in [2.05, 4.69) is 23.1 Å². The molecule has 0 aromatic carbocycles. The number of carbonyl (C=O) groups excluding carboxylic acids is 1. The standard InChI is InChI=1S/C19H25NO4/c1-19(18(21)22-2)8-9-20(14-19)16(17-13-23-10-11-24-17)12-15-6-4-3-5-7-15/h3-4,6,10-11,13,16H,5,7-9,12,14H2,1-2H3. The van der Waals surface area contributed by atoms with E-state index in [4.69, 9.17) is 14.2 Å². The second-order valence-corrected chi connectivity index (χ2v) is 6.83. The highest BCUT2D eigenvalue weighted by atomic mass is 16.5. The molecule has 5 heteroatoms. The first-order valence-corrected chi connectivity index (χ1v) is 8.47. The Kier molecular flexibility index (Phi) is 5.09. The molecule has 0 spiro atoms. The Balaban J connectivity index is 1.77. The topological polar surface area (TPSA) is 48.0 Å². The van der Waals surface area contributed by atoms with Crippen LogP contribution >= 0.6 is 0 Å². The Hall–Kier alpha value is -2.01. The molecule has 0 aromatic heterocycles. The highest BCUT2D eigenvalue weighted by molar-refractivity contribution is 5.77. The van der Waals surface area contributed by atoms with Crippen LogP contribution in [0.4, 0.5) is 0 Å². The van der Waals surface area contributed by atoms with E-state index in [1.165, 1.54) is 18.9 Å². The highest BCUT2D eigenvalue weighted by Crippen LogP contribution is 2.36. The van der Waals surface area contributed by atoms with Crippen LogP contribution in [0, 0.1) is 5.41 Å². The molecule has 0 amide bonds. The largest absolute Gasteiger partial charge is 0.469 e. The summed E-state index contributed by atoms with van der Waals surface area (Å²) in [5, 5.41) is 0. The van der Waals surface area contributed by atoms with Crippen molar-refractivity contribution in [3.8, 4) is 0 Å². The fraction of sp³-hybridized carbons (Fsp3) is 0.526. The predicted molar refractivity (Wildman–Crippen MR) is 90.6 cm³/mol. The fourth-order valence-electron chi connectivity index (χ4n) is 3.59. The highest BCUT2D eigenvalue weighted by Gasteiger charge is 2.44. The third-order valence-electron chi connectivity index (χ3n) is 5.03. The average Bonchev–Trinajstić information content (AvgIpc) is 3.04. The number of likely N-dealkylation sites (tertiary alicyclic amines) is 1. The van der Waals surface area contributed by atoms with Crippen LogP contribution in [0.2, 0.25) is 0 Å². The van der Waals surface area contributed by atoms with E-state index in [9.17, 15) is 4.79 Å². The molecule has 2 aliphatic heterocycles. The van der Waals surface area contributed by atoms with E-state index in [1.807, 2.05) is 6.92 Å². The average molecular weight is 331 g/mol. The van der Waals surface area contributed by atoms with Crippen molar-refractivity contribution < 1.29 is 19.0 Å². The van der Waals surface area contributed by atoms with Gasteiger partial charge in [-0.25, -0.2) is 0 Å². The van der Waals surface area contributed by atoms with Crippen molar-refractivity contribution >= 4 is 5.97 Å². The molecule has 3 aliphatic rings. The smallest absolute Gasteiger partial charge is 0.312 e. The second-order valence-electron chi connectivity index (χ2n) is 6.83. The molecule has 24 heavy (non-hydrogen) atoms. The third kappa shape index (κ3) is 3.56. The first-order valence-electron chi connectivity index (χ1n) is 8.47. The molecule has 2 heterocycles. The molecule has 130 valence electrons. The summed E-state index contributed by atoms with van der Waals surface area (Å²) >= 11 is 0. The van der Waals surface area contributed by atoms with Gasteiger partial charge in [-0.1, -0.05) is 23.8 Å². The summed E-state index contributed by atoms with van der Waals surface area (Å²) in [6.45, 7) is 3.48. The molecule has 0 N–H and O–H groups in total. The first-order chi connectivity index (χ1) is 11.6. The molecule has 0 radical (unpaired) electrons. The Morgan fingerprint density at radius 1 is 1.46 bits per heavy atom. The van der Waals surface area contributed by atoms with Crippen LogP contribution in [0.5, 0.6) is 0 Å². The van der Waals surface area contributed by atoms with Crippen LogP contribution in [-0.4, -0.2) is 37.1 Å². The molecule has 1 fully saturated rings. The van der Waals surface area contributed by atoms with Crippen molar-refractivity contribution in [1.82, 2.24) is 4.90 Å². The first kappa shape index (κ1) is 16.8. The minimum atomic E-state index is -0.459. The van der Waals surface area contributed by atoms with Crippen LogP contribution in [0.25, 0.3) is 0 Å². The second kappa shape index (κ2) is 7.26. The molecule has 3 rings (SSSR count). The Morgan fingerprint density at radius 2 is 2.33 bits per heavy atom. The van der Waals surface area contributed by atoms with E-state index >= 15 is 0 Å². The number of hydrogen-bond acceptors (Lipinski definition) is 5. The molecular weight excluding hydrogens is 306 g/mol. The Bertz CT molecular complexity index is 604. The lowest BCUT2D eigenvalue weighted by Crippen LogP contribution is -2.39. The van der Waals surface area contributed by atoms with Crippen LogP contribution in [0.15, 0.2) is 48.3 Å². The van der Waals surface area contributed by atoms with Gasteiger partial charge in [0.15, 0.2) is 5.76 Å². The predicted octanol–water partition coefficient (Wildman–Crippen LogP) is 3.27. The van der Waals surface area contributed by atoms with E-state index in [0.717, 1.165) is 38.0 Å². The lowest BCUT2D eigenvalue weighted by Gasteiger charge is -2.31. The van der Waals surface area contributed by atoms with Gasteiger partial charge in [0.1, 0.15) is 18.8 Å². The van der Waals surface area contributed by atoms with Gasteiger partial charge in [-0.15, -0.1) is 0 Å². The van der Waals surface area contributed by atoms with Crippen LogP contribution in [0.3, 0.4) is 0 Å². The summed E-state index contributed by atoms with van der Waals surface area (Å²) in [6.07, 6.45) is 15.1. The maximum Gasteiger partial charge on any atom is 0.312 e. The molecule has 2 atom stereocenters. The summed E-state index contributed by atoms with van der Waals surface area (Å²) < 4.78 is 16.0. The van der Waals surface area contributed by atoms with Crippen molar-refractivity contribution in [2.24, 2.45) is 5.41 Å². The molecule has 1 aliphatic carbocycles. The molecule has 0 bridgehead atoms. The van der Waals surface area contributed by atoms with E-state index < -0.39 is 5.41 Å². The summed E-state index contributed by atoms with van der Waals surface area (Å²) in [6, 6.07) is 0.0687. The summed E-state index contributed by atoms with van der Waals surface area (Å²) in [5.74, 6) is 0.653. The summed E-state index contributed by atoms with van der Waals surface area (Å²) in [7, 11) is 1.46. The van der Waals surface area contributed by atoms with Gasteiger partial charge < -0.3 is 14.2 Å². The van der Waals surface area contributed by atoms with Crippen molar-refractivity contribution in [2.45, 2.75) is 38.6 Å². The molecule has 1 saturated heterocycles. The number of carbonyl (C=O) groups is 1. The van der Waals surface area contributed by atoms with Crippen molar-refractivity contribution in [2.75, 3.05) is 20.2 Å². The van der Waals surface area contributed by atoms with Gasteiger partial charge in [-0.2, -0.15) is 0 Å². The minimum absolute atomic E-state index is 0.0687. The van der Waals surface area contributed by atoms with Crippen LogP contribution in [0.1, 0.15) is 32.6 Å². The Morgan fingerprint density at radius 3 is 3.00 bits per heavy atom. The number of allylic oxidation sites excluding steroid dienone is 3. The lowest BCUT2D eigenvalue weighted by molar-refractivity contribution is -0.151. The molecular formula is C19H25NO4. The molecule has 0 aromatic rings. The van der Waals surface area contributed by atoms with E-state index in [-0.39, 0.29) is 12.0 Å². The number of esters is 1. The van der Waals surface area contributed by atoms with Gasteiger partial charge >= 0.3 is 5.97 Å². The fourth-order valence-corrected chi connectivity index (χ4v) is 3.59. The zero-order valence-electron chi connectivity index (χ0n) is 14.4. The number of ether oxygens (including phenoxy) is 3. The third-order valence-corrected chi connectivity index (χ3v) is 5.03. The number of hydrogen-bond donors (Lipinski definition) is 0. The van der Waals surface area contributed by atoms with Gasteiger partial charge in [0.2, 0.25) is 0 Å². The number of rotatable bonds is 5. The van der Waals surface area contributed by atoms with Gasteiger partial charge in [0.05, 0.1) is 18.6 Å². The van der Waals surface area contributed by atoms with Gasteiger partial charge in [0, 0.05) is 13.1 Å². The normalized spacial score (nSPS) is 27.8. The molecule has 5 nitrogen and oxygen atoms in total. The van der Waals surface area contributed by atoms with Crippen molar-refractivity contribution in [3.05, 3.63) is 48.3 Å². The summed E-state index contributed by atoms with van der Waals surface area (Å²) in [5.41, 5.74) is 0.938. The van der Waals surface area contributed by atoms with Crippen molar-refractivity contribution in [1.29, 1.82) is 0 Å². The molecule has 2 unspecified atom stereocenters. The monoisotopic (exact) mass is 331 g/mol. The number of methoxy groups -OCH3 is 1. The van der Waals surface area contributed by atoms with Crippen LogP contribution in [-0.2, 0) is 19.0 Å². The maximum atomic E-state index is 12.1. The van der Waals surface area contributed by atoms with Crippen molar-refractivity contribution in [3.63, 3.8) is 0 Å². The van der Waals surface area contributed by atoms with E-state index in [0.29, 0.717) is 6.54 Å². The SMILES string of the molecule is COC(=O)C1(C)CCN(C(CC2=CC=CCC2)C2=COC=CO2)C1. The maximum absolute atomic E-state index is 12.1. The summed E-state index contributed by atoms with van der Waals surface area (Å²) in [4.78, 5) is 14.4. The van der Waals surface area contributed by atoms with Gasteiger partial charge in [0.25, 0.3) is 0 Å². The van der Waals surface area contributed by atoms with Gasteiger partial charge in [-0.05, 0) is 32.6 Å².